The minimum absolute atomic E-state index is 0.0874. The van der Waals surface area contributed by atoms with Crippen LogP contribution in [0.15, 0.2) is 30.6 Å². The highest BCUT2D eigenvalue weighted by molar-refractivity contribution is 5.61. The maximum atomic E-state index is 13.7. The lowest BCUT2D eigenvalue weighted by molar-refractivity contribution is -0.137. The minimum Gasteiger partial charge on any atom is -0.344 e. The molecule has 0 radical (unpaired) electrons. The third-order valence-corrected chi connectivity index (χ3v) is 5.37. The van der Waals surface area contributed by atoms with E-state index in [9.17, 15) is 22.8 Å². The summed E-state index contributed by atoms with van der Waals surface area (Å²) in [6, 6.07) is 4.36. The molecule has 1 fully saturated rings. The summed E-state index contributed by atoms with van der Waals surface area (Å²) in [5.74, 6) is 0.320. The van der Waals surface area contributed by atoms with Crippen LogP contribution in [-0.2, 0) is 6.18 Å². The monoisotopic (exact) mass is 445 g/mol. The quantitative estimate of drug-likeness (QED) is 0.619. The Hall–Kier alpha value is -3.52. The number of imidazole rings is 1. The molecule has 0 aliphatic carbocycles. The molecular formula is C21H19F4N7. The Morgan fingerprint density at radius 3 is 2.62 bits per heavy atom. The molecule has 4 rings (SSSR count). The van der Waals surface area contributed by atoms with Gasteiger partial charge in [-0.1, -0.05) is 0 Å². The van der Waals surface area contributed by atoms with Crippen LogP contribution >= 0.6 is 0 Å². The number of hydrogen-bond donors (Lipinski definition) is 1. The fourth-order valence-corrected chi connectivity index (χ4v) is 3.97. The van der Waals surface area contributed by atoms with Crippen molar-refractivity contribution in [3.8, 4) is 11.9 Å². The van der Waals surface area contributed by atoms with Gasteiger partial charge in [0.05, 0.1) is 17.3 Å². The molecule has 7 nitrogen and oxygen atoms in total. The van der Waals surface area contributed by atoms with E-state index in [4.69, 9.17) is 5.73 Å². The topological polar surface area (TPSA) is 96.7 Å². The van der Waals surface area contributed by atoms with E-state index >= 15 is 0 Å². The van der Waals surface area contributed by atoms with Gasteiger partial charge in [0.2, 0.25) is 0 Å². The standard InChI is InChI=1S/C21H19F4N7/c1-11-7-15(21(23,24)25)14(9-26)19(29-11)32-10-13(27)8-17(32)20-28-5-6-31(20)18-4-3-16(22)12(2)30-18/h3-7,13,17H,8,10,27H2,1-2H3/t13-,17-/m0/s1. The Labute approximate surface area is 181 Å². The number of alkyl halides is 3. The summed E-state index contributed by atoms with van der Waals surface area (Å²) in [4.78, 5) is 14.5. The minimum atomic E-state index is -4.71. The van der Waals surface area contributed by atoms with Crippen LogP contribution in [0.25, 0.3) is 5.82 Å². The van der Waals surface area contributed by atoms with Crippen molar-refractivity contribution in [1.29, 1.82) is 5.26 Å². The van der Waals surface area contributed by atoms with E-state index < -0.39 is 29.2 Å². The number of halogens is 4. The number of rotatable bonds is 3. The van der Waals surface area contributed by atoms with Crippen LogP contribution in [0.5, 0.6) is 0 Å². The second-order valence-electron chi connectivity index (χ2n) is 7.68. The maximum absolute atomic E-state index is 13.7. The number of hydrogen-bond acceptors (Lipinski definition) is 6. The second kappa shape index (κ2) is 7.87. The van der Waals surface area contributed by atoms with E-state index in [1.807, 2.05) is 0 Å². The van der Waals surface area contributed by atoms with E-state index in [0.717, 1.165) is 6.07 Å². The first kappa shape index (κ1) is 21.7. The summed E-state index contributed by atoms with van der Waals surface area (Å²) in [6.45, 7) is 3.16. The van der Waals surface area contributed by atoms with E-state index in [-0.39, 0.29) is 29.8 Å². The van der Waals surface area contributed by atoms with E-state index in [1.54, 1.807) is 21.7 Å². The Balaban J connectivity index is 1.84. The van der Waals surface area contributed by atoms with Gasteiger partial charge < -0.3 is 10.6 Å². The van der Waals surface area contributed by atoms with Crippen LogP contribution in [0, 0.1) is 31.0 Å². The average molecular weight is 445 g/mol. The predicted octanol–water partition coefficient (Wildman–Crippen LogP) is 3.59. The maximum Gasteiger partial charge on any atom is 0.417 e. The number of anilines is 1. The summed E-state index contributed by atoms with van der Waals surface area (Å²) in [7, 11) is 0. The first-order valence-corrected chi connectivity index (χ1v) is 9.78. The zero-order valence-electron chi connectivity index (χ0n) is 17.2. The van der Waals surface area contributed by atoms with Gasteiger partial charge in [0.1, 0.15) is 34.9 Å². The van der Waals surface area contributed by atoms with Crippen molar-refractivity contribution in [2.24, 2.45) is 5.73 Å². The fraction of sp³-hybridized carbons (Fsp3) is 0.333. The van der Waals surface area contributed by atoms with Gasteiger partial charge in [0.15, 0.2) is 0 Å². The van der Waals surface area contributed by atoms with Crippen molar-refractivity contribution in [1.82, 2.24) is 19.5 Å². The molecule has 0 spiro atoms. The molecule has 3 aromatic rings. The SMILES string of the molecule is Cc1cc(C(F)(F)F)c(C#N)c(N2C[C@@H](N)C[C@H]2c2nccn2-c2ccc(F)c(C)n2)n1. The zero-order chi connectivity index (χ0) is 23.2. The van der Waals surface area contributed by atoms with Crippen molar-refractivity contribution < 1.29 is 17.6 Å². The van der Waals surface area contributed by atoms with E-state index in [2.05, 4.69) is 15.0 Å². The number of nitrogens with zero attached hydrogens (tertiary/aromatic N) is 6. The molecule has 1 aliphatic heterocycles. The second-order valence-corrected chi connectivity index (χ2v) is 7.68. The van der Waals surface area contributed by atoms with Crippen LogP contribution in [0.3, 0.4) is 0 Å². The van der Waals surface area contributed by atoms with Crippen LogP contribution < -0.4 is 10.6 Å². The number of aryl methyl sites for hydroxylation is 2. The highest BCUT2D eigenvalue weighted by atomic mass is 19.4. The first-order chi connectivity index (χ1) is 15.1. The zero-order valence-corrected chi connectivity index (χ0v) is 17.2. The lowest BCUT2D eigenvalue weighted by Crippen LogP contribution is -2.30. The van der Waals surface area contributed by atoms with Crippen molar-refractivity contribution >= 4 is 5.82 Å². The number of nitrogens with two attached hydrogens (primary N) is 1. The first-order valence-electron chi connectivity index (χ1n) is 9.78. The van der Waals surface area contributed by atoms with Gasteiger partial charge in [-0.05, 0) is 38.5 Å². The fourth-order valence-electron chi connectivity index (χ4n) is 3.97. The van der Waals surface area contributed by atoms with E-state index in [0.29, 0.717) is 18.1 Å². The summed E-state index contributed by atoms with van der Waals surface area (Å²) >= 11 is 0. The summed E-state index contributed by atoms with van der Waals surface area (Å²) < 4.78 is 56.1. The summed E-state index contributed by atoms with van der Waals surface area (Å²) in [6.07, 6.45) is -1.18. The molecule has 0 bridgehead atoms. The van der Waals surface area contributed by atoms with E-state index in [1.165, 1.54) is 32.2 Å². The predicted molar refractivity (Wildman–Crippen MR) is 107 cm³/mol. The molecule has 4 heterocycles. The molecule has 0 unspecified atom stereocenters. The van der Waals surface area contributed by atoms with Crippen molar-refractivity contribution in [2.45, 2.75) is 38.5 Å². The Morgan fingerprint density at radius 2 is 1.97 bits per heavy atom. The van der Waals surface area contributed by atoms with Crippen LogP contribution in [0.4, 0.5) is 23.4 Å². The molecule has 166 valence electrons. The van der Waals surface area contributed by atoms with Gasteiger partial charge >= 0.3 is 6.18 Å². The van der Waals surface area contributed by atoms with Gasteiger partial charge in [0, 0.05) is 30.7 Å². The van der Waals surface area contributed by atoms with Crippen LogP contribution in [-0.4, -0.2) is 32.1 Å². The average Bonchev–Trinajstić information content (AvgIpc) is 3.35. The molecule has 2 N–H and O–H groups in total. The molecule has 32 heavy (non-hydrogen) atoms. The van der Waals surface area contributed by atoms with Gasteiger partial charge in [-0.15, -0.1) is 0 Å². The summed E-state index contributed by atoms with van der Waals surface area (Å²) in [5.41, 5.74) is 4.90. The molecule has 0 aromatic carbocycles. The molecule has 0 saturated carbocycles. The summed E-state index contributed by atoms with van der Waals surface area (Å²) in [5, 5.41) is 9.57. The largest absolute Gasteiger partial charge is 0.417 e. The third kappa shape index (κ3) is 3.78. The number of aromatic nitrogens is 4. The highest BCUT2D eigenvalue weighted by Gasteiger charge is 2.41. The molecule has 1 saturated heterocycles. The Bertz CT molecular complexity index is 1210. The molecule has 11 heteroatoms. The smallest absolute Gasteiger partial charge is 0.344 e. The van der Waals surface area contributed by atoms with Crippen molar-refractivity contribution in [2.75, 3.05) is 11.4 Å². The van der Waals surface area contributed by atoms with Crippen molar-refractivity contribution in [3.05, 3.63) is 64.7 Å². The number of nitriles is 1. The Morgan fingerprint density at radius 1 is 1.22 bits per heavy atom. The lowest BCUT2D eigenvalue weighted by atomic mass is 10.1. The Kier molecular flexibility index (Phi) is 5.34. The lowest BCUT2D eigenvalue weighted by Gasteiger charge is -2.27. The normalized spacial score (nSPS) is 18.8. The van der Waals surface area contributed by atoms with Crippen LogP contribution in [0.1, 0.15) is 40.8 Å². The van der Waals surface area contributed by atoms with Gasteiger partial charge in [-0.2, -0.15) is 18.4 Å². The molecule has 2 atom stereocenters. The molecule has 0 amide bonds. The number of pyridine rings is 2. The van der Waals surface area contributed by atoms with Crippen molar-refractivity contribution in [3.63, 3.8) is 0 Å². The van der Waals surface area contributed by atoms with Gasteiger partial charge in [-0.3, -0.25) is 4.57 Å². The van der Waals surface area contributed by atoms with Gasteiger partial charge in [0.25, 0.3) is 0 Å². The van der Waals surface area contributed by atoms with Crippen LogP contribution in [0.2, 0.25) is 0 Å². The molecular weight excluding hydrogens is 426 g/mol. The molecule has 3 aromatic heterocycles. The molecule has 1 aliphatic rings. The third-order valence-electron chi connectivity index (χ3n) is 5.37. The highest BCUT2D eigenvalue weighted by Crippen LogP contribution is 2.41. The van der Waals surface area contributed by atoms with Gasteiger partial charge in [-0.25, -0.2) is 19.3 Å².